The molecule has 2 aromatic rings. The van der Waals surface area contributed by atoms with Crippen LogP contribution in [0.3, 0.4) is 0 Å². The highest BCUT2D eigenvalue weighted by molar-refractivity contribution is 7.98. The number of carbonyl (C=O) groups excluding carboxylic acids is 1. The molecule has 2 aliphatic rings. The van der Waals surface area contributed by atoms with Crippen molar-refractivity contribution in [2.75, 3.05) is 29.6 Å². The summed E-state index contributed by atoms with van der Waals surface area (Å²) in [5.74, 6) is 0.625. The first kappa shape index (κ1) is 19.6. The van der Waals surface area contributed by atoms with Crippen molar-refractivity contribution in [1.29, 1.82) is 0 Å². The molecule has 4 rings (SSSR count). The Morgan fingerprint density at radius 2 is 1.93 bits per heavy atom. The van der Waals surface area contributed by atoms with E-state index >= 15 is 0 Å². The molecule has 1 N–H and O–H groups in total. The number of nitrogens with zero attached hydrogens (tertiary/aromatic N) is 2. The minimum Gasteiger partial charge on any atom is -0.356 e. The maximum atomic E-state index is 13.3. The molecule has 148 valence electrons. The van der Waals surface area contributed by atoms with E-state index in [1.807, 2.05) is 44.4 Å². The van der Waals surface area contributed by atoms with E-state index in [4.69, 9.17) is 16.6 Å². The SMILES string of the molecule is CSc1cccc(NC(=O)c2c(N3CCC4(CC3)CC4)nc(C)c(Cl)c2C)c1. The molecule has 1 amide bonds. The topological polar surface area (TPSA) is 45.2 Å². The predicted molar refractivity (Wildman–Crippen MR) is 118 cm³/mol. The molecule has 4 nitrogen and oxygen atoms in total. The van der Waals surface area contributed by atoms with Crippen LogP contribution in [0.4, 0.5) is 11.5 Å². The summed E-state index contributed by atoms with van der Waals surface area (Å²) < 4.78 is 0. The quantitative estimate of drug-likeness (QED) is 0.650. The average Bonchev–Trinajstić information content (AvgIpc) is 3.45. The van der Waals surface area contributed by atoms with E-state index in [0.29, 0.717) is 16.0 Å². The number of aromatic nitrogens is 1. The molecule has 0 bridgehead atoms. The van der Waals surface area contributed by atoms with Gasteiger partial charge in [-0.3, -0.25) is 4.79 Å². The van der Waals surface area contributed by atoms with Crippen LogP contribution < -0.4 is 10.2 Å². The first-order chi connectivity index (χ1) is 13.4. The molecule has 6 heteroatoms. The van der Waals surface area contributed by atoms with Gasteiger partial charge in [-0.15, -0.1) is 11.8 Å². The highest BCUT2D eigenvalue weighted by Crippen LogP contribution is 2.54. The summed E-state index contributed by atoms with van der Waals surface area (Å²) >= 11 is 8.13. The molecular weight excluding hydrogens is 390 g/mol. The van der Waals surface area contributed by atoms with Gasteiger partial charge in [0.2, 0.25) is 0 Å². The number of pyridine rings is 1. The summed E-state index contributed by atoms with van der Waals surface area (Å²) in [5, 5.41) is 3.62. The summed E-state index contributed by atoms with van der Waals surface area (Å²) in [6.45, 7) is 5.74. The Balaban J connectivity index is 1.66. The first-order valence-electron chi connectivity index (χ1n) is 9.79. The zero-order valence-corrected chi connectivity index (χ0v) is 18.2. The fraction of sp³-hybridized carbons (Fsp3) is 0.455. The van der Waals surface area contributed by atoms with Crippen molar-refractivity contribution in [1.82, 2.24) is 4.98 Å². The van der Waals surface area contributed by atoms with Crippen LogP contribution in [0.25, 0.3) is 0 Å². The smallest absolute Gasteiger partial charge is 0.259 e. The number of halogens is 1. The Labute approximate surface area is 176 Å². The van der Waals surface area contributed by atoms with Gasteiger partial charge < -0.3 is 10.2 Å². The van der Waals surface area contributed by atoms with Gasteiger partial charge in [-0.25, -0.2) is 4.98 Å². The van der Waals surface area contributed by atoms with Crippen molar-refractivity contribution < 1.29 is 4.79 Å². The second kappa shape index (κ2) is 7.60. The summed E-state index contributed by atoms with van der Waals surface area (Å²) in [7, 11) is 0. The van der Waals surface area contributed by atoms with Gasteiger partial charge in [0.1, 0.15) is 5.82 Å². The molecule has 1 aliphatic carbocycles. The molecule has 1 saturated heterocycles. The maximum Gasteiger partial charge on any atom is 0.259 e. The van der Waals surface area contributed by atoms with Gasteiger partial charge >= 0.3 is 0 Å². The molecule has 1 saturated carbocycles. The number of anilines is 2. The third kappa shape index (κ3) is 3.74. The minimum atomic E-state index is -0.146. The lowest BCUT2D eigenvalue weighted by Gasteiger charge is -2.34. The van der Waals surface area contributed by atoms with Gasteiger partial charge in [-0.1, -0.05) is 17.7 Å². The predicted octanol–water partition coefficient (Wildman–Crippen LogP) is 5.71. The summed E-state index contributed by atoms with van der Waals surface area (Å²) in [6.07, 6.45) is 7.10. The van der Waals surface area contributed by atoms with E-state index in [1.54, 1.807) is 11.8 Å². The second-order valence-corrected chi connectivity index (χ2v) is 9.27. The van der Waals surface area contributed by atoms with Gasteiger partial charge in [-0.05, 0) is 75.0 Å². The Morgan fingerprint density at radius 3 is 2.57 bits per heavy atom. The molecule has 2 fully saturated rings. The van der Waals surface area contributed by atoms with Crippen LogP contribution in [0.5, 0.6) is 0 Å². The average molecular weight is 416 g/mol. The number of benzene rings is 1. The molecule has 0 radical (unpaired) electrons. The van der Waals surface area contributed by atoms with Crippen molar-refractivity contribution in [2.24, 2.45) is 5.41 Å². The van der Waals surface area contributed by atoms with Crippen LogP contribution in [-0.4, -0.2) is 30.2 Å². The van der Waals surface area contributed by atoms with Crippen LogP contribution in [-0.2, 0) is 0 Å². The second-order valence-electron chi connectivity index (χ2n) is 8.01. The van der Waals surface area contributed by atoms with Crippen LogP contribution in [0, 0.1) is 19.3 Å². The van der Waals surface area contributed by atoms with E-state index in [1.165, 1.54) is 25.7 Å². The lowest BCUT2D eigenvalue weighted by molar-refractivity contribution is 0.102. The van der Waals surface area contributed by atoms with Crippen LogP contribution >= 0.6 is 23.4 Å². The Morgan fingerprint density at radius 1 is 1.21 bits per heavy atom. The Kier molecular flexibility index (Phi) is 5.32. The standard InChI is InChI=1S/C22H26ClN3OS/c1-14-18(21(27)25-16-5-4-6-17(13-16)28-3)20(24-15(2)19(14)23)26-11-9-22(7-8-22)10-12-26/h4-6,13H,7-12H2,1-3H3,(H,25,27). The summed E-state index contributed by atoms with van der Waals surface area (Å²) in [4.78, 5) is 21.4. The number of aryl methyl sites for hydroxylation is 1. The first-order valence-corrected chi connectivity index (χ1v) is 11.4. The van der Waals surface area contributed by atoms with Crippen LogP contribution in [0.15, 0.2) is 29.2 Å². The number of rotatable bonds is 4. The number of hydrogen-bond donors (Lipinski definition) is 1. The van der Waals surface area contributed by atoms with Crippen molar-refractivity contribution in [2.45, 2.75) is 44.4 Å². The largest absolute Gasteiger partial charge is 0.356 e. The zero-order chi connectivity index (χ0) is 19.9. The highest BCUT2D eigenvalue weighted by atomic mass is 35.5. The third-order valence-electron chi connectivity index (χ3n) is 6.15. The van der Waals surface area contributed by atoms with Crippen molar-refractivity contribution in [3.05, 3.63) is 46.1 Å². The number of carbonyl (C=O) groups is 1. The third-order valence-corrected chi connectivity index (χ3v) is 7.44. The van der Waals surface area contributed by atoms with Crippen LogP contribution in [0.2, 0.25) is 5.02 Å². The van der Waals surface area contributed by atoms with Gasteiger partial charge in [0.05, 0.1) is 16.3 Å². The number of nitrogens with one attached hydrogen (secondary N) is 1. The van der Waals surface area contributed by atoms with Gasteiger partial charge in [0.25, 0.3) is 5.91 Å². The van der Waals surface area contributed by atoms with Gasteiger partial charge in [-0.2, -0.15) is 0 Å². The minimum absolute atomic E-state index is 0.146. The van der Waals surface area contributed by atoms with Crippen molar-refractivity contribution >= 4 is 40.8 Å². The molecule has 1 spiro atoms. The van der Waals surface area contributed by atoms with E-state index < -0.39 is 0 Å². The zero-order valence-electron chi connectivity index (χ0n) is 16.6. The van der Waals surface area contributed by atoms with Gasteiger partial charge in [0.15, 0.2) is 0 Å². The molecule has 28 heavy (non-hydrogen) atoms. The fourth-order valence-electron chi connectivity index (χ4n) is 4.08. The van der Waals surface area contributed by atoms with Gasteiger partial charge in [0, 0.05) is 23.7 Å². The van der Waals surface area contributed by atoms with Crippen molar-refractivity contribution in [3.8, 4) is 0 Å². The Bertz CT molecular complexity index is 916. The molecule has 1 aromatic carbocycles. The lowest BCUT2D eigenvalue weighted by Crippen LogP contribution is -2.36. The molecule has 1 aliphatic heterocycles. The summed E-state index contributed by atoms with van der Waals surface area (Å²) in [5.41, 5.74) is 3.54. The monoisotopic (exact) mass is 415 g/mol. The number of hydrogen-bond acceptors (Lipinski definition) is 4. The number of piperidine rings is 1. The van der Waals surface area contributed by atoms with Crippen LogP contribution in [0.1, 0.15) is 47.3 Å². The molecule has 0 unspecified atom stereocenters. The van der Waals surface area contributed by atoms with E-state index in [-0.39, 0.29) is 5.91 Å². The fourth-order valence-corrected chi connectivity index (χ4v) is 4.67. The lowest BCUT2D eigenvalue weighted by atomic mass is 9.93. The van der Waals surface area contributed by atoms with E-state index in [9.17, 15) is 4.79 Å². The van der Waals surface area contributed by atoms with Crippen molar-refractivity contribution in [3.63, 3.8) is 0 Å². The highest BCUT2D eigenvalue weighted by Gasteiger charge is 2.45. The van der Waals surface area contributed by atoms with E-state index in [2.05, 4.69) is 10.2 Å². The molecule has 1 aromatic heterocycles. The molecular formula is C22H26ClN3OS. The number of thioether (sulfide) groups is 1. The maximum absolute atomic E-state index is 13.3. The number of amides is 1. The normalized spacial score (nSPS) is 17.6. The molecule has 2 heterocycles. The molecule has 0 atom stereocenters. The Hall–Kier alpha value is -1.72. The summed E-state index contributed by atoms with van der Waals surface area (Å²) in [6, 6.07) is 7.88. The van der Waals surface area contributed by atoms with E-state index in [0.717, 1.165) is 40.7 Å².